The monoisotopic (exact) mass is 321 g/mol. The number of nitrogens with one attached hydrogen (secondary N) is 3. The first kappa shape index (κ1) is 18.5. The van der Waals surface area contributed by atoms with Crippen molar-refractivity contribution in [3.05, 3.63) is 29.3 Å². The van der Waals surface area contributed by atoms with E-state index in [1.807, 2.05) is 6.92 Å². The van der Waals surface area contributed by atoms with Crippen LogP contribution in [0, 0.1) is 6.92 Å². The molecule has 0 fully saturated rings. The minimum Gasteiger partial charge on any atom is -0.481 e. The zero-order valence-electron chi connectivity index (χ0n) is 13.8. The number of aliphatic carboxylic acids is 1. The number of anilines is 1. The predicted molar refractivity (Wildman–Crippen MR) is 87.7 cm³/mol. The van der Waals surface area contributed by atoms with Crippen molar-refractivity contribution < 1.29 is 19.5 Å². The Morgan fingerprint density at radius 1 is 1.22 bits per heavy atom. The van der Waals surface area contributed by atoms with E-state index in [-0.39, 0.29) is 12.3 Å². The molecular formula is C16H23N3O4. The highest BCUT2D eigenvalue weighted by Gasteiger charge is 2.22. The molecular weight excluding hydrogens is 298 g/mol. The second-order valence-electron chi connectivity index (χ2n) is 5.97. The highest BCUT2D eigenvalue weighted by Crippen LogP contribution is 2.18. The van der Waals surface area contributed by atoms with Gasteiger partial charge < -0.3 is 21.1 Å². The SMILES string of the molecule is CNC(=O)c1ccc(C)c(NC(=O)NC(C)(C)CCC(=O)O)c1. The summed E-state index contributed by atoms with van der Waals surface area (Å²) in [6.45, 7) is 5.32. The van der Waals surface area contributed by atoms with Gasteiger partial charge in [-0.1, -0.05) is 6.07 Å². The van der Waals surface area contributed by atoms with Gasteiger partial charge in [0.2, 0.25) is 0 Å². The van der Waals surface area contributed by atoms with Gasteiger partial charge in [0, 0.05) is 30.3 Å². The molecule has 0 radical (unpaired) electrons. The molecule has 0 aliphatic rings. The molecule has 1 aromatic carbocycles. The van der Waals surface area contributed by atoms with Crippen molar-refractivity contribution in [2.75, 3.05) is 12.4 Å². The number of rotatable bonds is 6. The summed E-state index contributed by atoms with van der Waals surface area (Å²) in [6.07, 6.45) is 0.283. The summed E-state index contributed by atoms with van der Waals surface area (Å²) >= 11 is 0. The lowest BCUT2D eigenvalue weighted by Gasteiger charge is -2.26. The lowest BCUT2D eigenvalue weighted by atomic mass is 9.99. The average molecular weight is 321 g/mol. The van der Waals surface area contributed by atoms with Gasteiger partial charge in [-0.2, -0.15) is 0 Å². The standard InChI is InChI=1S/C16H23N3O4/c1-10-5-6-11(14(22)17-4)9-12(10)18-15(23)19-16(2,3)8-7-13(20)21/h5-6,9H,7-8H2,1-4H3,(H,17,22)(H,20,21)(H2,18,19,23). The summed E-state index contributed by atoms with van der Waals surface area (Å²) in [4.78, 5) is 34.4. The number of aryl methyl sites for hydroxylation is 1. The Morgan fingerprint density at radius 2 is 1.87 bits per heavy atom. The Kier molecular flexibility index (Phi) is 6.12. The van der Waals surface area contributed by atoms with E-state index in [1.165, 1.54) is 7.05 Å². The molecule has 4 N–H and O–H groups in total. The number of carboxylic acids is 1. The van der Waals surface area contributed by atoms with Crippen molar-refractivity contribution in [3.8, 4) is 0 Å². The lowest BCUT2D eigenvalue weighted by molar-refractivity contribution is -0.137. The number of hydrogen-bond donors (Lipinski definition) is 4. The minimum absolute atomic E-state index is 0.0293. The van der Waals surface area contributed by atoms with Gasteiger partial charge in [-0.15, -0.1) is 0 Å². The molecule has 0 spiro atoms. The van der Waals surface area contributed by atoms with Crippen molar-refractivity contribution in [1.82, 2.24) is 10.6 Å². The van der Waals surface area contributed by atoms with Gasteiger partial charge >= 0.3 is 12.0 Å². The van der Waals surface area contributed by atoms with Gasteiger partial charge in [0.05, 0.1) is 0 Å². The maximum absolute atomic E-state index is 12.1. The van der Waals surface area contributed by atoms with Crippen LogP contribution in [0.25, 0.3) is 0 Å². The largest absolute Gasteiger partial charge is 0.481 e. The van der Waals surface area contributed by atoms with Gasteiger partial charge in [-0.05, 0) is 44.9 Å². The molecule has 0 atom stereocenters. The number of carbonyl (C=O) groups is 3. The number of urea groups is 1. The normalized spacial score (nSPS) is 10.8. The van der Waals surface area contributed by atoms with E-state index < -0.39 is 17.5 Å². The van der Waals surface area contributed by atoms with Crippen LogP contribution in [0.15, 0.2) is 18.2 Å². The predicted octanol–water partition coefficient (Wildman–Crippen LogP) is 2.12. The molecule has 0 heterocycles. The summed E-state index contributed by atoms with van der Waals surface area (Å²) in [7, 11) is 1.53. The number of carboxylic acid groups (broad SMARTS) is 1. The minimum atomic E-state index is -0.908. The van der Waals surface area contributed by atoms with Gasteiger partial charge in [0.1, 0.15) is 0 Å². The highest BCUT2D eigenvalue weighted by atomic mass is 16.4. The highest BCUT2D eigenvalue weighted by molar-refractivity contribution is 5.97. The lowest BCUT2D eigenvalue weighted by Crippen LogP contribution is -2.45. The van der Waals surface area contributed by atoms with E-state index in [2.05, 4.69) is 16.0 Å². The molecule has 1 rings (SSSR count). The summed E-state index contributed by atoms with van der Waals surface area (Å²) in [5.74, 6) is -1.15. The smallest absolute Gasteiger partial charge is 0.319 e. The summed E-state index contributed by atoms with van der Waals surface area (Å²) in [5.41, 5.74) is 1.13. The van der Waals surface area contributed by atoms with Gasteiger partial charge in [-0.3, -0.25) is 9.59 Å². The third-order valence-corrected chi connectivity index (χ3v) is 3.39. The van der Waals surface area contributed by atoms with Crippen LogP contribution in [-0.2, 0) is 4.79 Å². The Labute approximate surface area is 135 Å². The van der Waals surface area contributed by atoms with Gasteiger partial charge in [0.25, 0.3) is 5.91 Å². The topological polar surface area (TPSA) is 108 Å². The number of hydrogen-bond acceptors (Lipinski definition) is 3. The summed E-state index contributed by atoms with van der Waals surface area (Å²) < 4.78 is 0. The number of carbonyl (C=O) groups excluding carboxylic acids is 2. The maximum Gasteiger partial charge on any atom is 0.319 e. The molecule has 0 aliphatic heterocycles. The zero-order valence-corrected chi connectivity index (χ0v) is 13.8. The third-order valence-electron chi connectivity index (χ3n) is 3.39. The molecule has 7 heteroatoms. The van der Waals surface area contributed by atoms with Crippen LogP contribution in [-0.4, -0.2) is 35.6 Å². The molecule has 1 aromatic rings. The van der Waals surface area contributed by atoms with Crippen LogP contribution in [0.2, 0.25) is 0 Å². The van der Waals surface area contributed by atoms with Crippen LogP contribution >= 0.6 is 0 Å². The number of amides is 3. The number of benzene rings is 1. The van der Waals surface area contributed by atoms with Gasteiger partial charge in [0.15, 0.2) is 0 Å². The van der Waals surface area contributed by atoms with Crippen LogP contribution in [0.5, 0.6) is 0 Å². The Bertz CT molecular complexity index is 611. The fourth-order valence-electron chi connectivity index (χ4n) is 1.99. The Morgan fingerprint density at radius 3 is 2.43 bits per heavy atom. The second kappa shape index (κ2) is 7.62. The van der Waals surface area contributed by atoms with Crippen molar-refractivity contribution in [1.29, 1.82) is 0 Å². The van der Waals surface area contributed by atoms with E-state index >= 15 is 0 Å². The first-order valence-corrected chi connectivity index (χ1v) is 7.28. The molecule has 0 unspecified atom stereocenters. The fourth-order valence-corrected chi connectivity index (χ4v) is 1.99. The van der Waals surface area contributed by atoms with Crippen molar-refractivity contribution >= 4 is 23.6 Å². The van der Waals surface area contributed by atoms with E-state index in [4.69, 9.17) is 5.11 Å². The summed E-state index contributed by atoms with van der Waals surface area (Å²) in [5, 5.41) is 16.7. The average Bonchev–Trinajstić information content (AvgIpc) is 2.46. The Balaban J connectivity index is 2.77. The van der Waals surface area contributed by atoms with Crippen molar-refractivity contribution in [2.24, 2.45) is 0 Å². The second-order valence-corrected chi connectivity index (χ2v) is 5.97. The molecule has 0 saturated carbocycles. The van der Waals surface area contributed by atoms with E-state index in [0.29, 0.717) is 17.7 Å². The van der Waals surface area contributed by atoms with Crippen LogP contribution in [0.4, 0.5) is 10.5 Å². The molecule has 0 saturated heterocycles. The third kappa shape index (κ3) is 5.98. The van der Waals surface area contributed by atoms with Crippen molar-refractivity contribution in [3.63, 3.8) is 0 Å². The first-order valence-electron chi connectivity index (χ1n) is 7.28. The van der Waals surface area contributed by atoms with Crippen LogP contribution in [0.3, 0.4) is 0 Å². The fraction of sp³-hybridized carbons (Fsp3) is 0.438. The van der Waals surface area contributed by atoms with E-state index in [1.54, 1.807) is 32.0 Å². The molecule has 0 bridgehead atoms. The quantitative estimate of drug-likeness (QED) is 0.643. The maximum atomic E-state index is 12.1. The van der Waals surface area contributed by atoms with Crippen molar-refractivity contribution in [2.45, 2.75) is 39.2 Å². The molecule has 23 heavy (non-hydrogen) atoms. The summed E-state index contributed by atoms with van der Waals surface area (Å²) in [6, 6.07) is 4.57. The van der Waals surface area contributed by atoms with E-state index in [0.717, 1.165) is 5.56 Å². The van der Waals surface area contributed by atoms with E-state index in [9.17, 15) is 14.4 Å². The molecule has 0 aromatic heterocycles. The molecule has 0 aliphatic carbocycles. The molecule has 7 nitrogen and oxygen atoms in total. The molecule has 126 valence electrons. The zero-order chi connectivity index (χ0) is 17.6. The first-order chi connectivity index (χ1) is 10.6. The van der Waals surface area contributed by atoms with Crippen LogP contribution in [0.1, 0.15) is 42.6 Å². The van der Waals surface area contributed by atoms with Crippen LogP contribution < -0.4 is 16.0 Å². The Hall–Kier alpha value is -2.57. The molecule has 3 amide bonds. The van der Waals surface area contributed by atoms with Gasteiger partial charge in [-0.25, -0.2) is 4.79 Å².